The van der Waals surface area contributed by atoms with E-state index in [1.807, 2.05) is 11.8 Å². The topological polar surface area (TPSA) is 36.0 Å². The highest BCUT2D eigenvalue weighted by Gasteiger charge is 2.74. The van der Waals surface area contributed by atoms with Gasteiger partial charge in [0.15, 0.2) is 0 Å². The van der Waals surface area contributed by atoms with E-state index in [1.54, 1.807) is 0 Å². The smallest absolute Gasteiger partial charge is 0.0462 e. The summed E-state index contributed by atoms with van der Waals surface area (Å²) < 4.78 is 0. The minimum absolute atomic E-state index is 0.310. The van der Waals surface area contributed by atoms with Crippen LogP contribution in [-0.4, -0.2) is 16.7 Å². The molecule has 6 rings (SSSR count). The fourth-order valence-electron chi connectivity index (χ4n) is 10.9. The fourth-order valence-corrected chi connectivity index (χ4v) is 10.9. The first-order valence-corrected chi connectivity index (χ1v) is 14.3. The predicted octanol–water partition coefficient (Wildman–Crippen LogP) is 7.72. The van der Waals surface area contributed by atoms with E-state index in [9.17, 15) is 5.11 Å². The van der Waals surface area contributed by atoms with Crippen molar-refractivity contribution >= 4 is 0 Å². The van der Waals surface area contributed by atoms with E-state index in [2.05, 4.69) is 57.6 Å². The zero-order chi connectivity index (χ0) is 23.9. The number of aromatic amines is 1. The second-order valence-electron chi connectivity index (χ2n) is 14.3. The first-order valence-electron chi connectivity index (χ1n) is 14.3. The summed E-state index contributed by atoms with van der Waals surface area (Å²) in [5.74, 6) is 3.36. The van der Waals surface area contributed by atoms with Crippen molar-refractivity contribution < 1.29 is 5.11 Å². The molecular weight excluding hydrogens is 414 g/mol. The molecule has 0 bridgehead atoms. The lowest BCUT2D eigenvalue weighted by molar-refractivity contribution is -0.0478. The van der Waals surface area contributed by atoms with Gasteiger partial charge in [-0.2, -0.15) is 0 Å². The van der Waals surface area contributed by atoms with Crippen LogP contribution in [0.25, 0.3) is 0 Å². The molecule has 2 heteroatoms. The van der Waals surface area contributed by atoms with Crippen LogP contribution in [0.4, 0.5) is 0 Å². The molecule has 0 radical (unpaired) electrons. The molecule has 0 amide bonds. The Morgan fingerprint density at radius 3 is 2.62 bits per heavy atom. The van der Waals surface area contributed by atoms with Crippen LogP contribution in [0.2, 0.25) is 0 Å². The minimum atomic E-state index is 0.310. The Morgan fingerprint density at radius 1 is 1.18 bits per heavy atom. The molecule has 4 fully saturated rings. The summed E-state index contributed by atoms with van der Waals surface area (Å²) >= 11 is 0. The monoisotopic (exact) mass is 461 g/mol. The molecule has 5 aliphatic rings. The molecular formula is C32H47NO. The standard InChI is InChI=1S/C32H47NO/c1-21-14-26-30(5,28-27(21)29(28,3)4)22(2)31(10-6-7-11-31)20-32(26)12-8-23(17-32)15-25(19-34)16-24-9-13-33-18-24/h9,13-14,18,22-23,25,27-28,33-34H,1,6-8,10-12,15-17,19-20H2,2-5H3. The summed E-state index contributed by atoms with van der Waals surface area (Å²) in [5.41, 5.74) is 6.23. The molecule has 1 aromatic heterocycles. The van der Waals surface area contributed by atoms with Crippen LogP contribution in [0.5, 0.6) is 0 Å². The number of H-pyrrole nitrogens is 1. The van der Waals surface area contributed by atoms with Crippen LogP contribution in [0.3, 0.4) is 0 Å². The summed E-state index contributed by atoms with van der Waals surface area (Å²) in [6.45, 7) is 15.3. The average Bonchev–Trinajstić information content (AvgIpc) is 3.33. The van der Waals surface area contributed by atoms with E-state index in [0.29, 0.717) is 40.1 Å². The lowest BCUT2D eigenvalue weighted by Gasteiger charge is -2.62. The van der Waals surface area contributed by atoms with Gasteiger partial charge >= 0.3 is 0 Å². The molecule has 5 aliphatic carbocycles. The summed E-state index contributed by atoms with van der Waals surface area (Å²) in [4.78, 5) is 3.19. The van der Waals surface area contributed by atoms with Gasteiger partial charge in [-0.3, -0.25) is 0 Å². The highest BCUT2D eigenvalue weighted by atomic mass is 16.3. The summed E-state index contributed by atoms with van der Waals surface area (Å²) in [5, 5.41) is 10.2. The lowest BCUT2D eigenvalue weighted by atomic mass is 9.42. The first-order chi connectivity index (χ1) is 16.2. The van der Waals surface area contributed by atoms with Gasteiger partial charge in [-0.05, 0) is 114 Å². The molecule has 34 heavy (non-hydrogen) atoms. The van der Waals surface area contributed by atoms with Crippen LogP contribution in [0.15, 0.2) is 42.3 Å². The molecule has 1 heterocycles. The number of rotatable bonds is 5. The molecule has 2 spiro atoms. The Morgan fingerprint density at radius 2 is 1.94 bits per heavy atom. The Hall–Kier alpha value is -1.28. The molecule has 7 unspecified atom stereocenters. The second-order valence-corrected chi connectivity index (χ2v) is 14.3. The van der Waals surface area contributed by atoms with E-state index in [-0.39, 0.29) is 0 Å². The molecule has 186 valence electrons. The molecule has 0 aromatic carbocycles. The third-order valence-corrected chi connectivity index (χ3v) is 12.3. The minimum Gasteiger partial charge on any atom is -0.396 e. The summed E-state index contributed by atoms with van der Waals surface area (Å²) in [6.07, 6.45) is 20.2. The van der Waals surface area contributed by atoms with Crippen molar-refractivity contribution in [1.82, 2.24) is 4.98 Å². The number of allylic oxidation sites excluding steroid dienone is 3. The summed E-state index contributed by atoms with van der Waals surface area (Å²) in [7, 11) is 0. The number of aromatic nitrogens is 1. The normalized spacial score (nSPS) is 42.5. The van der Waals surface area contributed by atoms with Gasteiger partial charge in [-0.25, -0.2) is 0 Å². The summed E-state index contributed by atoms with van der Waals surface area (Å²) in [6, 6.07) is 2.17. The maximum atomic E-state index is 10.2. The van der Waals surface area contributed by atoms with Crippen molar-refractivity contribution in [2.24, 2.45) is 51.2 Å². The van der Waals surface area contributed by atoms with E-state index < -0.39 is 0 Å². The van der Waals surface area contributed by atoms with Crippen molar-refractivity contribution in [3.8, 4) is 0 Å². The number of aliphatic hydroxyl groups is 1. The second kappa shape index (κ2) is 7.61. The molecule has 1 aromatic rings. The molecule has 4 saturated carbocycles. The van der Waals surface area contributed by atoms with Crippen LogP contribution >= 0.6 is 0 Å². The van der Waals surface area contributed by atoms with Crippen molar-refractivity contribution in [1.29, 1.82) is 0 Å². The van der Waals surface area contributed by atoms with Gasteiger partial charge in [0.2, 0.25) is 0 Å². The number of fused-ring (bicyclic) bond motifs is 4. The number of nitrogens with one attached hydrogen (secondary N) is 1. The highest BCUT2D eigenvalue weighted by Crippen LogP contribution is 2.81. The molecule has 2 nitrogen and oxygen atoms in total. The van der Waals surface area contributed by atoms with Gasteiger partial charge < -0.3 is 10.1 Å². The van der Waals surface area contributed by atoms with E-state index >= 15 is 0 Å². The maximum absolute atomic E-state index is 10.2. The largest absolute Gasteiger partial charge is 0.396 e. The molecule has 0 aliphatic heterocycles. The Labute approximate surface area is 207 Å². The quantitative estimate of drug-likeness (QED) is 0.462. The van der Waals surface area contributed by atoms with Gasteiger partial charge in [0, 0.05) is 19.0 Å². The number of hydrogen-bond donors (Lipinski definition) is 2. The fraction of sp³-hybridized carbons (Fsp3) is 0.750. The average molecular weight is 462 g/mol. The maximum Gasteiger partial charge on any atom is 0.0462 e. The van der Waals surface area contributed by atoms with Gasteiger partial charge in [0.1, 0.15) is 0 Å². The molecule has 2 N–H and O–H groups in total. The zero-order valence-electron chi connectivity index (χ0n) is 22.1. The van der Waals surface area contributed by atoms with Crippen LogP contribution in [0, 0.1) is 51.2 Å². The Kier molecular flexibility index (Phi) is 5.18. The van der Waals surface area contributed by atoms with Gasteiger partial charge in [0.25, 0.3) is 0 Å². The Balaban J connectivity index is 1.33. The van der Waals surface area contributed by atoms with Crippen molar-refractivity contribution in [2.75, 3.05) is 6.61 Å². The highest BCUT2D eigenvalue weighted by molar-refractivity contribution is 5.48. The van der Waals surface area contributed by atoms with E-state index in [0.717, 1.165) is 24.2 Å². The predicted molar refractivity (Wildman–Crippen MR) is 140 cm³/mol. The van der Waals surface area contributed by atoms with Crippen LogP contribution < -0.4 is 0 Å². The molecule has 7 atom stereocenters. The number of aliphatic hydroxyl groups excluding tert-OH is 1. The molecule has 0 saturated heterocycles. The first kappa shape index (κ1) is 23.1. The van der Waals surface area contributed by atoms with Crippen molar-refractivity contribution in [3.63, 3.8) is 0 Å². The van der Waals surface area contributed by atoms with Crippen molar-refractivity contribution in [3.05, 3.63) is 47.8 Å². The van der Waals surface area contributed by atoms with Crippen LogP contribution in [-0.2, 0) is 6.42 Å². The Bertz CT molecular complexity index is 979. The van der Waals surface area contributed by atoms with Gasteiger partial charge in [-0.1, -0.05) is 64.3 Å². The van der Waals surface area contributed by atoms with Crippen molar-refractivity contribution in [2.45, 2.75) is 91.9 Å². The zero-order valence-corrected chi connectivity index (χ0v) is 22.1. The van der Waals surface area contributed by atoms with E-state index in [1.165, 1.54) is 68.9 Å². The lowest BCUT2D eigenvalue weighted by Crippen LogP contribution is -2.54. The van der Waals surface area contributed by atoms with Crippen LogP contribution in [0.1, 0.15) is 91.0 Å². The SMILES string of the molecule is C=C1C=C2C3(CCC(CC(CO)Cc4cc[nH]c4)C3)CC3(CCCC3)C(C)C2(C)C2C1C2(C)C. The number of hydrogen-bond acceptors (Lipinski definition) is 1. The third-order valence-electron chi connectivity index (χ3n) is 12.3. The van der Waals surface area contributed by atoms with Gasteiger partial charge in [0.05, 0.1) is 0 Å². The van der Waals surface area contributed by atoms with E-state index in [4.69, 9.17) is 0 Å². The van der Waals surface area contributed by atoms with Gasteiger partial charge in [-0.15, -0.1) is 0 Å². The third kappa shape index (κ3) is 3.09.